The van der Waals surface area contributed by atoms with Crippen LogP contribution in [-0.2, 0) is 0 Å². The second-order valence-corrected chi connectivity index (χ2v) is 4.83. The van der Waals surface area contributed by atoms with Crippen LogP contribution < -0.4 is 0 Å². The normalized spacial score (nSPS) is 12.8. The van der Waals surface area contributed by atoms with Gasteiger partial charge < -0.3 is 5.11 Å². The Hall–Kier alpha value is -2.27. The lowest BCUT2D eigenvalue weighted by atomic mass is 10.0. The molecule has 1 N–H and O–H groups in total. The van der Waals surface area contributed by atoms with Crippen LogP contribution in [0.2, 0.25) is 0 Å². The highest BCUT2D eigenvalue weighted by atomic mass is 19.1. The standard InChI is InChI=1S/C15H14FN3O/c1-9-7-15(11(10(2)20)8-12(9)16)19-14-6-4-3-5-13(14)17-18-19/h3-8,10,20H,1-2H3/t10-/m0/s1. The second-order valence-electron chi connectivity index (χ2n) is 4.83. The summed E-state index contributed by atoms with van der Waals surface area (Å²) < 4.78 is 15.3. The molecule has 3 aromatic rings. The van der Waals surface area contributed by atoms with E-state index in [1.165, 1.54) is 6.07 Å². The van der Waals surface area contributed by atoms with Crippen molar-refractivity contribution in [3.8, 4) is 5.69 Å². The molecule has 5 heteroatoms. The van der Waals surface area contributed by atoms with Crippen molar-refractivity contribution in [1.82, 2.24) is 15.0 Å². The molecule has 1 aromatic heterocycles. The molecule has 0 aliphatic heterocycles. The van der Waals surface area contributed by atoms with E-state index >= 15 is 0 Å². The largest absolute Gasteiger partial charge is 0.389 e. The number of hydrogen-bond donors (Lipinski definition) is 1. The Bertz CT molecular complexity index is 780. The summed E-state index contributed by atoms with van der Waals surface area (Å²) in [7, 11) is 0. The third-order valence-electron chi connectivity index (χ3n) is 3.34. The molecule has 1 heterocycles. The monoisotopic (exact) mass is 271 g/mol. The molecule has 1 atom stereocenters. The SMILES string of the molecule is Cc1cc(-n2nnc3ccccc32)c([C@H](C)O)cc1F. The van der Waals surface area contributed by atoms with Crippen LogP contribution in [0, 0.1) is 12.7 Å². The number of aryl methyl sites for hydroxylation is 1. The van der Waals surface area contributed by atoms with Crippen molar-refractivity contribution in [1.29, 1.82) is 0 Å². The molecule has 0 amide bonds. The van der Waals surface area contributed by atoms with Crippen molar-refractivity contribution in [2.24, 2.45) is 0 Å². The molecule has 0 aliphatic rings. The Labute approximate surface area is 115 Å². The summed E-state index contributed by atoms with van der Waals surface area (Å²) in [5, 5.41) is 18.1. The first-order valence-electron chi connectivity index (χ1n) is 6.37. The zero-order valence-corrected chi connectivity index (χ0v) is 11.2. The Kier molecular flexibility index (Phi) is 2.99. The van der Waals surface area contributed by atoms with E-state index in [-0.39, 0.29) is 5.82 Å². The summed E-state index contributed by atoms with van der Waals surface area (Å²) in [5.41, 5.74) is 3.21. The van der Waals surface area contributed by atoms with Gasteiger partial charge in [0.05, 0.1) is 17.3 Å². The molecule has 0 radical (unpaired) electrons. The number of aliphatic hydroxyl groups is 1. The Morgan fingerprint density at radius 3 is 2.75 bits per heavy atom. The number of aromatic nitrogens is 3. The van der Waals surface area contributed by atoms with Gasteiger partial charge in [-0.05, 0) is 43.7 Å². The maximum atomic E-state index is 13.7. The van der Waals surface area contributed by atoms with Gasteiger partial charge >= 0.3 is 0 Å². The van der Waals surface area contributed by atoms with Crippen LogP contribution in [0.15, 0.2) is 36.4 Å². The minimum atomic E-state index is -0.789. The maximum absolute atomic E-state index is 13.7. The van der Waals surface area contributed by atoms with Gasteiger partial charge in [-0.2, -0.15) is 0 Å². The van der Waals surface area contributed by atoms with Crippen LogP contribution in [0.25, 0.3) is 16.7 Å². The summed E-state index contributed by atoms with van der Waals surface area (Å²) in [5.74, 6) is -0.339. The summed E-state index contributed by atoms with van der Waals surface area (Å²) >= 11 is 0. The average molecular weight is 271 g/mol. The Morgan fingerprint density at radius 1 is 1.25 bits per heavy atom. The fraction of sp³-hybridized carbons (Fsp3) is 0.200. The number of fused-ring (bicyclic) bond motifs is 1. The Balaban J connectivity index is 2.31. The third kappa shape index (κ3) is 1.96. The lowest BCUT2D eigenvalue weighted by molar-refractivity contribution is 0.198. The summed E-state index contributed by atoms with van der Waals surface area (Å²) in [6, 6.07) is 10.6. The van der Waals surface area contributed by atoms with Crippen LogP contribution in [0.1, 0.15) is 24.2 Å². The number of hydrogen-bond acceptors (Lipinski definition) is 3. The smallest absolute Gasteiger partial charge is 0.126 e. The number of nitrogens with zero attached hydrogens (tertiary/aromatic N) is 3. The molecule has 102 valence electrons. The molecule has 0 aliphatic carbocycles. The first-order chi connectivity index (χ1) is 9.58. The van der Waals surface area contributed by atoms with Gasteiger partial charge in [-0.1, -0.05) is 17.3 Å². The molecular formula is C15H14FN3O. The number of aliphatic hydroxyl groups excluding tert-OH is 1. The lowest BCUT2D eigenvalue weighted by Crippen LogP contribution is -2.06. The summed E-state index contributed by atoms with van der Waals surface area (Å²) in [6.07, 6.45) is -0.789. The van der Waals surface area contributed by atoms with Crippen LogP contribution >= 0.6 is 0 Å². The van der Waals surface area contributed by atoms with Gasteiger partial charge in [0, 0.05) is 5.56 Å². The first kappa shape index (κ1) is 12.7. The molecule has 0 fully saturated rings. The fourth-order valence-electron chi connectivity index (χ4n) is 2.25. The van der Waals surface area contributed by atoms with Crippen molar-refractivity contribution in [3.63, 3.8) is 0 Å². The molecular weight excluding hydrogens is 257 g/mol. The highest BCUT2D eigenvalue weighted by Crippen LogP contribution is 2.26. The van der Waals surface area contributed by atoms with Gasteiger partial charge in [0.15, 0.2) is 0 Å². The van der Waals surface area contributed by atoms with Crippen LogP contribution in [-0.4, -0.2) is 20.1 Å². The van der Waals surface area contributed by atoms with Gasteiger partial charge in [0.25, 0.3) is 0 Å². The summed E-state index contributed by atoms with van der Waals surface area (Å²) in [6.45, 7) is 3.29. The van der Waals surface area contributed by atoms with E-state index < -0.39 is 6.10 Å². The predicted octanol–water partition coefficient (Wildman–Crippen LogP) is 2.92. The highest BCUT2D eigenvalue weighted by molar-refractivity contribution is 5.76. The van der Waals surface area contributed by atoms with E-state index in [9.17, 15) is 9.50 Å². The van der Waals surface area contributed by atoms with Gasteiger partial charge in [-0.3, -0.25) is 0 Å². The molecule has 0 saturated heterocycles. The van der Waals surface area contributed by atoms with Crippen molar-refractivity contribution in [3.05, 3.63) is 53.3 Å². The number of benzene rings is 2. The number of halogens is 1. The zero-order chi connectivity index (χ0) is 14.3. The average Bonchev–Trinajstić information content (AvgIpc) is 2.85. The molecule has 0 saturated carbocycles. The summed E-state index contributed by atoms with van der Waals surface area (Å²) in [4.78, 5) is 0. The zero-order valence-electron chi connectivity index (χ0n) is 11.2. The quantitative estimate of drug-likeness (QED) is 0.779. The van der Waals surface area contributed by atoms with Crippen molar-refractivity contribution < 1.29 is 9.50 Å². The molecule has 0 bridgehead atoms. The molecule has 0 unspecified atom stereocenters. The molecule has 20 heavy (non-hydrogen) atoms. The third-order valence-corrected chi connectivity index (χ3v) is 3.34. The molecule has 2 aromatic carbocycles. The lowest BCUT2D eigenvalue weighted by Gasteiger charge is -2.14. The van der Waals surface area contributed by atoms with Crippen LogP contribution in [0.3, 0.4) is 0 Å². The minimum Gasteiger partial charge on any atom is -0.389 e. The number of para-hydroxylation sites is 1. The second kappa shape index (κ2) is 4.68. The van der Waals surface area contributed by atoms with E-state index in [2.05, 4.69) is 10.3 Å². The van der Waals surface area contributed by atoms with Crippen molar-refractivity contribution >= 4 is 11.0 Å². The van der Waals surface area contributed by atoms with E-state index in [1.54, 1.807) is 24.6 Å². The predicted molar refractivity (Wildman–Crippen MR) is 74.2 cm³/mol. The molecule has 4 nitrogen and oxygen atoms in total. The van der Waals surface area contributed by atoms with Gasteiger partial charge in [0.2, 0.25) is 0 Å². The molecule has 0 spiro atoms. The molecule has 3 rings (SSSR count). The van der Waals surface area contributed by atoms with Gasteiger partial charge in [-0.15, -0.1) is 5.10 Å². The topological polar surface area (TPSA) is 50.9 Å². The van der Waals surface area contributed by atoms with Crippen molar-refractivity contribution in [2.45, 2.75) is 20.0 Å². The van der Waals surface area contributed by atoms with E-state index in [0.717, 1.165) is 11.0 Å². The van der Waals surface area contributed by atoms with Gasteiger partial charge in [-0.25, -0.2) is 9.07 Å². The maximum Gasteiger partial charge on any atom is 0.126 e. The highest BCUT2D eigenvalue weighted by Gasteiger charge is 2.16. The van der Waals surface area contributed by atoms with Crippen LogP contribution in [0.5, 0.6) is 0 Å². The van der Waals surface area contributed by atoms with Gasteiger partial charge in [0.1, 0.15) is 11.3 Å². The van der Waals surface area contributed by atoms with Crippen molar-refractivity contribution in [2.75, 3.05) is 0 Å². The Morgan fingerprint density at radius 2 is 2.00 bits per heavy atom. The van der Waals surface area contributed by atoms with E-state index in [1.807, 2.05) is 24.3 Å². The number of rotatable bonds is 2. The van der Waals surface area contributed by atoms with Crippen LogP contribution in [0.4, 0.5) is 4.39 Å². The minimum absolute atomic E-state index is 0.339. The van der Waals surface area contributed by atoms with E-state index in [4.69, 9.17) is 0 Å². The van der Waals surface area contributed by atoms with E-state index in [0.29, 0.717) is 16.8 Å². The first-order valence-corrected chi connectivity index (χ1v) is 6.37. The fourth-order valence-corrected chi connectivity index (χ4v) is 2.25.